The fraction of sp³-hybridized carbons (Fsp3) is 0.308. The van der Waals surface area contributed by atoms with Gasteiger partial charge in [-0.2, -0.15) is 0 Å². The van der Waals surface area contributed by atoms with Crippen LogP contribution in [0.3, 0.4) is 0 Å². The second kappa shape index (κ2) is 5.35. The molecule has 0 saturated heterocycles. The summed E-state index contributed by atoms with van der Waals surface area (Å²) in [5.41, 5.74) is 1.66. The Bertz CT molecular complexity index is 347. The van der Waals surface area contributed by atoms with Gasteiger partial charge in [0, 0.05) is 5.57 Å². The molecule has 0 aliphatic rings. The zero-order valence-corrected chi connectivity index (χ0v) is 9.36. The highest BCUT2D eigenvalue weighted by Gasteiger charge is 2.01. The Hall–Kier alpha value is -1.57. The summed E-state index contributed by atoms with van der Waals surface area (Å²) in [5.74, 6) is 1.17. The highest BCUT2D eigenvalue weighted by atomic mass is 16.5. The van der Waals surface area contributed by atoms with E-state index in [0.717, 1.165) is 23.2 Å². The summed E-state index contributed by atoms with van der Waals surface area (Å²) < 4.78 is 5.06. The standard InChI is InChI=1S/C13H16O2/c1-10(2)8-12(9-14)11-4-6-13(15-3)7-5-11/h4-10H,1-3H3. The highest BCUT2D eigenvalue weighted by Crippen LogP contribution is 2.18. The van der Waals surface area contributed by atoms with Crippen LogP contribution >= 0.6 is 0 Å². The molecule has 1 aromatic rings. The first kappa shape index (κ1) is 11.5. The minimum absolute atomic E-state index is 0.368. The summed E-state index contributed by atoms with van der Waals surface area (Å²) in [5, 5.41) is 0. The molecule has 0 unspecified atom stereocenters. The number of carbonyl (C=O) groups is 1. The predicted octanol–water partition coefficient (Wildman–Crippen LogP) is 2.93. The van der Waals surface area contributed by atoms with Gasteiger partial charge < -0.3 is 4.74 Å². The predicted molar refractivity (Wildman–Crippen MR) is 61.9 cm³/mol. The highest BCUT2D eigenvalue weighted by molar-refractivity contribution is 6.06. The van der Waals surface area contributed by atoms with Crippen LogP contribution in [0.15, 0.2) is 30.3 Å². The van der Waals surface area contributed by atoms with E-state index in [1.165, 1.54) is 0 Å². The third-order valence-electron chi connectivity index (χ3n) is 2.06. The third kappa shape index (κ3) is 3.24. The molecule has 2 nitrogen and oxygen atoms in total. The van der Waals surface area contributed by atoms with Crippen molar-refractivity contribution in [3.8, 4) is 5.75 Å². The number of ether oxygens (including phenoxy) is 1. The van der Waals surface area contributed by atoms with E-state index in [1.807, 2.05) is 44.2 Å². The van der Waals surface area contributed by atoms with Gasteiger partial charge in [0.25, 0.3) is 0 Å². The van der Waals surface area contributed by atoms with Crippen LogP contribution < -0.4 is 4.74 Å². The fourth-order valence-electron chi connectivity index (χ4n) is 1.35. The number of benzene rings is 1. The maximum Gasteiger partial charge on any atom is 0.150 e. The topological polar surface area (TPSA) is 26.3 Å². The lowest BCUT2D eigenvalue weighted by atomic mass is 10.0. The molecule has 0 atom stereocenters. The molecule has 0 heterocycles. The number of aldehydes is 1. The van der Waals surface area contributed by atoms with Crippen molar-refractivity contribution in [1.29, 1.82) is 0 Å². The maximum atomic E-state index is 10.9. The molecule has 0 fully saturated rings. The average Bonchev–Trinajstić information content (AvgIpc) is 2.26. The van der Waals surface area contributed by atoms with Gasteiger partial charge in [0.05, 0.1) is 7.11 Å². The normalized spacial score (nSPS) is 11.6. The van der Waals surface area contributed by atoms with E-state index >= 15 is 0 Å². The van der Waals surface area contributed by atoms with Gasteiger partial charge in [-0.3, -0.25) is 4.79 Å². The van der Waals surface area contributed by atoms with Crippen molar-refractivity contribution in [3.05, 3.63) is 35.9 Å². The van der Waals surface area contributed by atoms with Crippen molar-refractivity contribution in [3.63, 3.8) is 0 Å². The van der Waals surface area contributed by atoms with E-state index < -0.39 is 0 Å². The zero-order valence-electron chi connectivity index (χ0n) is 9.36. The van der Waals surface area contributed by atoms with Gasteiger partial charge in [0.2, 0.25) is 0 Å². The van der Waals surface area contributed by atoms with Gasteiger partial charge >= 0.3 is 0 Å². The second-order valence-corrected chi connectivity index (χ2v) is 3.71. The first-order valence-corrected chi connectivity index (χ1v) is 4.98. The van der Waals surface area contributed by atoms with Crippen molar-refractivity contribution >= 4 is 11.9 Å². The molecule has 0 aliphatic carbocycles. The van der Waals surface area contributed by atoms with E-state index in [1.54, 1.807) is 7.11 Å². The Kier molecular flexibility index (Phi) is 4.10. The van der Waals surface area contributed by atoms with Crippen LogP contribution in [0.4, 0.5) is 0 Å². The molecular weight excluding hydrogens is 188 g/mol. The van der Waals surface area contributed by atoms with Crippen molar-refractivity contribution in [2.45, 2.75) is 13.8 Å². The number of hydrogen-bond acceptors (Lipinski definition) is 2. The van der Waals surface area contributed by atoms with E-state index in [2.05, 4.69) is 0 Å². The lowest BCUT2D eigenvalue weighted by Gasteiger charge is -2.04. The number of rotatable bonds is 4. The Morgan fingerprint density at radius 3 is 2.27 bits per heavy atom. The minimum Gasteiger partial charge on any atom is -0.497 e. The molecule has 0 radical (unpaired) electrons. The molecular formula is C13H16O2. The van der Waals surface area contributed by atoms with Crippen LogP contribution in [0.5, 0.6) is 5.75 Å². The molecule has 0 aromatic heterocycles. The molecule has 2 heteroatoms. The van der Waals surface area contributed by atoms with Gasteiger partial charge in [-0.25, -0.2) is 0 Å². The van der Waals surface area contributed by atoms with Crippen LogP contribution in [-0.2, 0) is 4.79 Å². The molecule has 0 aliphatic heterocycles. The largest absolute Gasteiger partial charge is 0.497 e. The van der Waals surface area contributed by atoms with Gasteiger partial charge in [0.1, 0.15) is 12.0 Å². The summed E-state index contributed by atoms with van der Waals surface area (Å²) in [7, 11) is 1.62. The van der Waals surface area contributed by atoms with Crippen LogP contribution in [0.1, 0.15) is 19.4 Å². The molecule has 0 bridgehead atoms. The molecule has 0 N–H and O–H groups in total. The quantitative estimate of drug-likeness (QED) is 0.556. The first-order chi connectivity index (χ1) is 7.17. The van der Waals surface area contributed by atoms with E-state index in [4.69, 9.17) is 4.74 Å². The van der Waals surface area contributed by atoms with Gasteiger partial charge in [-0.15, -0.1) is 0 Å². The molecule has 0 amide bonds. The van der Waals surface area contributed by atoms with Crippen molar-refractivity contribution < 1.29 is 9.53 Å². The SMILES string of the molecule is COc1ccc(C(C=O)=CC(C)C)cc1. The fourth-order valence-corrected chi connectivity index (χ4v) is 1.35. The van der Waals surface area contributed by atoms with Crippen molar-refractivity contribution in [2.75, 3.05) is 7.11 Å². The molecule has 0 saturated carbocycles. The number of methoxy groups -OCH3 is 1. The third-order valence-corrected chi connectivity index (χ3v) is 2.06. The Balaban J connectivity index is 2.98. The molecule has 80 valence electrons. The first-order valence-electron chi connectivity index (χ1n) is 4.98. The van der Waals surface area contributed by atoms with E-state index in [-0.39, 0.29) is 0 Å². The van der Waals surface area contributed by atoms with Crippen LogP contribution in [0.2, 0.25) is 0 Å². The number of hydrogen-bond donors (Lipinski definition) is 0. The summed E-state index contributed by atoms with van der Waals surface area (Å²) >= 11 is 0. The lowest BCUT2D eigenvalue weighted by Crippen LogP contribution is -1.90. The van der Waals surface area contributed by atoms with Crippen molar-refractivity contribution in [2.24, 2.45) is 5.92 Å². The number of carbonyl (C=O) groups excluding carboxylic acids is 1. The lowest BCUT2D eigenvalue weighted by molar-refractivity contribution is -0.103. The van der Waals surface area contributed by atoms with Crippen LogP contribution in [0, 0.1) is 5.92 Å². The van der Waals surface area contributed by atoms with Gasteiger partial charge in [-0.05, 0) is 23.6 Å². The second-order valence-electron chi connectivity index (χ2n) is 3.71. The number of allylic oxidation sites excluding steroid dienone is 2. The monoisotopic (exact) mass is 204 g/mol. The van der Waals surface area contributed by atoms with Gasteiger partial charge in [-0.1, -0.05) is 32.1 Å². The average molecular weight is 204 g/mol. The Labute approximate surface area is 90.6 Å². The van der Waals surface area contributed by atoms with Crippen LogP contribution in [-0.4, -0.2) is 13.4 Å². The Morgan fingerprint density at radius 1 is 1.27 bits per heavy atom. The summed E-state index contributed by atoms with van der Waals surface area (Å²) in [6.07, 6.45) is 2.84. The van der Waals surface area contributed by atoms with Crippen molar-refractivity contribution in [1.82, 2.24) is 0 Å². The molecule has 1 rings (SSSR count). The Morgan fingerprint density at radius 2 is 1.87 bits per heavy atom. The summed E-state index contributed by atoms with van der Waals surface area (Å²) in [6, 6.07) is 7.49. The summed E-state index contributed by atoms with van der Waals surface area (Å²) in [6.45, 7) is 4.10. The maximum absolute atomic E-state index is 10.9. The van der Waals surface area contributed by atoms with Gasteiger partial charge in [0.15, 0.2) is 0 Å². The minimum atomic E-state index is 0.368. The van der Waals surface area contributed by atoms with E-state index in [0.29, 0.717) is 5.92 Å². The summed E-state index contributed by atoms with van der Waals surface area (Å²) in [4.78, 5) is 10.9. The molecule has 0 spiro atoms. The molecule has 15 heavy (non-hydrogen) atoms. The zero-order chi connectivity index (χ0) is 11.3. The van der Waals surface area contributed by atoms with Crippen LogP contribution in [0.25, 0.3) is 5.57 Å². The molecule has 1 aromatic carbocycles. The smallest absolute Gasteiger partial charge is 0.150 e. The van der Waals surface area contributed by atoms with E-state index in [9.17, 15) is 4.79 Å².